The van der Waals surface area contributed by atoms with Crippen LogP contribution in [0, 0.1) is 6.92 Å². The van der Waals surface area contributed by atoms with Gasteiger partial charge in [-0.3, -0.25) is 0 Å². The lowest BCUT2D eigenvalue weighted by molar-refractivity contribution is 0.277. The quantitative estimate of drug-likeness (QED) is 0.809. The monoisotopic (exact) mass is 258 g/mol. The van der Waals surface area contributed by atoms with Crippen molar-refractivity contribution < 1.29 is 12.8 Å². The number of oxazole rings is 1. The third-order valence-electron chi connectivity index (χ3n) is 3.36. The lowest BCUT2D eigenvalue weighted by Gasteiger charge is -2.28. The Balaban J connectivity index is 2.07. The Morgan fingerprint density at radius 3 is 2.65 bits per heavy atom. The number of aromatic nitrogens is 1. The van der Waals surface area contributed by atoms with Crippen molar-refractivity contribution >= 4 is 9.84 Å². The zero-order valence-corrected chi connectivity index (χ0v) is 11.0. The number of aryl methyl sites for hydroxylation is 1. The molecule has 1 saturated heterocycles. The van der Waals surface area contributed by atoms with E-state index in [1.54, 1.807) is 6.92 Å². The molecule has 0 radical (unpaired) electrons. The van der Waals surface area contributed by atoms with Crippen LogP contribution in [0.5, 0.6) is 0 Å². The summed E-state index contributed by atoms with van der Waals surface area (Å²) in [7, 11) is -1.08. The van der Waals surface area contributed by atoms with E-state index in [-0.39, 0.29) is 11.0 Å². The average molecular weight is 258 g/mol. The van der Waals surface area contributed by atoms with Crippen LogP contribution < -0.4 is 0 Å². The largest absolute Gasteiger partial charge is 0.448 e. The molecule has 0 spiro atoms. The zero-order valence-electron chi connectivity index (χ0n) is 10.2. The fourth-order valence-corrected chi connectivity index (χ4v) is 3.94. The number of hydrogen-bond acceptors (Lipinski definition) is 5. The van der Waals surface area contributed by atoms with Gasteiger partial charge < -0.3 is 9.32 Å². The topological polar surface area (TPSA) is 63.4 Å². The maximum atomic E-state index is 12.2. The molecule has 1 aliphatic rings. The highest BCUT2D eigenvalue weighted by Crippen LogP contribution is 2.21. The van der Waals surface area contributed by atoms with Crippen LogP contribution in [-0.4, -0.2) is 43.7 Å². The molecular formula is C11H18N2O3S. The molecule has 0 unspecified atom stereocenters. The highest BCUT2D eigenvalue weighted by atomic mass is 32.2. The van der Waals surface area contributed by atoms with Crippen LogP contribution in [0.25, 0.3) is 0 Å². The van der Waals surface area contributed by atoms with Gasteiger partial charge in [0.05, 0.1) is 16.7 Å². The summed E-state index contributed by atoms with van der Waals surface area (Å²) in [4.78, 5) is 6.11. The summed E-state index contributed by atoms with van der Waals surface area (Å²) in [5.74, 6) is 0.602. The first kappa shape index (κ1) is 12.6. The van der Waals surface area contributed by atoms with E-state index in [0.717, 1.165) is 25.9 Å². The van der Waals surface area contributed by atoms with Gasteiger partial charge in [-0.1, -0.05) is 0 Å². The van der Waals surface area contributed by atoms with Gasteiger partial charge in [0.15, 0.2) is 16.2 Å². The Hall–Kier alpha value is -0.880. The lowest BCUT2D eigenvalue weighted by Crippen LogP contribution is -2.37. The molecule has 1 aromatic rings. The summed E-state index contributed by atoms with van der Waals surface area (Å²) < 4.78 is 29.5. The highest BCUT2D eigenvalue weighted by Gasteiger charge is 2.30. The van der Waals surface area contributed by atoms with Gasteiger partial charge in [-0.05, 0) is 39.9 Å². The molecule has 17 heavy (non-hydrogen) atoms. The number of hydrogen-bond donors (Lipinski definition) is 0. The first-order chi connectivity index (χ1) is 7.99. The molecule has 1 aliphatic heterocycles. The molecule has 0 N–H and O–H groups in total. The second kappa shape index (κ2) is 4.78. The van der Waals surface area contributed by atoms with Crippen LogP contribution >= 0.6 is 0 Å². The smallest absolute Gasteiger partial charge is 0.181 e. The minimum Gasteiger partial charge on any atom is -0.448 e. The lowest BCUT2D eigenvalue weighted by atomic mass is 10.1. The van der Waals surface area contributed by atoms with E-state index in [2.05, 4.69) is 9.88 Å². The molecule has 0 amide bonds. The third kappa shape index (κ3) is 2.87. The minimum absolute atomic E-state index is 0.00368. The third-order valence-corrected chi connectivity index (χ3v) is 5.52. The van der Waals surface area contributed by atoms with Gasteiger partial charge in [-0.15, -0.1) is 0 Å². The standard InChI is InChI=1S/C11H18N2O3S/c1-9-11(12-8-16-9)7-17(14,15)10-3-5-13(2)6-4-10/h8,10H,3-7H2,1-2H3. The molecule has 6 heteroatoms. The van der Waals surface area contributed by atoms with E-state index >= 15 is 0 Å². The van der Waals surface area contributed by atoms with E-state index in [4.69, 9.17) is 4.42 Å². The van der Waals surface area contributed by atoms with Gasteiger partial charge in [-0.2, -0.15) is 0 Å². The predicted molar refractivity (Wildman–Crippen MR) is 64.4 cm³/mol. The molecule has 0 atom stereocenters. The van der Waals surface area contributed by atoms with Crippen molar-refractivity contribution in [2.75, 3.05) is 20.1 Å². The summed E-state index contributed by atoms with van der Waals surface area (Å²) in [5, 5.41) is -0.227. The number of nitrogens with zero attached hydrogens (tertiary/aromatic N) is 2. The molecule has 1 aromatic heterocycles. The Morgan fingerprint density at radius 1 is 1.47 bits per heavy atom. The first-order valence-electron chi connectivity index (χ1n) is 5.78. The van der Waals surface area contributed by atoms with Crippen LogP contribution in [0.3, 0.4) is 0 Å². The van der Waals surface area contributed by atoms with E-state index in [1.807, 2.05) is 7.05 Å². The van der Waals surface area contributed by atoms with Gasteiger partial charge in [-0.25, -0.2) is 13.4 Å². The van der Waals surface area contributed by atoms with Crippen molar-refractivity contribution in [2.45, 2.75) is 30.8 Å². The van der Waals surface area contributed by atoms with Crippen LogP contribution in [0.2, 0.25) is 0 Å². The van der Waals surface area contributed by atoms with Gasteiger partial charge in [0.1, 0.15) is 5.76 Å². The van der Waals surface area contributed by atoms with Crippen LogP contribution in [0.1, 0.15) is 24.3 Å². The number of piperidine rings is 1. The van der Waals surface area contributed by atoms with Crippen molar-refractivity contribution in [3.8, 4) is 0 Å². The van der Waals surface area contributed by atoms with Gasteiger partial charge in [0, 0.05) is 0 Å². The second-order valence-electron chi connectivity index (χ2n) is 4.67. The van der Waals surface area contributed by atoms with Crippen LogP contribution in [-0.2, 0) is 15.6 Å². The molecule has 5 nitrogen and oxygen atoms in total. The van der Waals surface area contributed by atoms with E-state index < -0.39 is 9.84 Å². The van der Waals surface area contributed by atoms with Crippen molar-refractivity contribution in [3.63, 3.8) is 0 Å². The van der Waals surface area contributed by atoms with Crippen LogP contribution in [0.15, 0.2) is 10.8 Å². The predicted octanol–water partition coefficient (Wildman–Crippen LogP) is 0.992. The number of likely N-dealkylation sites (tertiary alicyclic amines) is 1. The summed E-state index contributed by atoms with van der Waals surface area (Å²) in [6.07, 6.45) is 2.74. The summed E-state index contributed by atoms with van der Waals surface area (Å²) in [6, 6.07) is 0. The van der Waals surface area contributed by atoms with Crippen molar-refractivity contribution in [1.29, 1.82) is 0 Å². The van der Waals surface area contributed by atoms with Crippen molar-refractivity contribution in [2.24, 2.45) is 0 Å². The van der Waals surface area contributed by atoms with Crippen molar-refractivity contribution in [1.82, 2.24) is 9.88 Å². The van der Waals surface area contributed by atoms with Gasteiger partial charge >= 0.3 is 0 Å². The molecule has 2 rings (SSSR count). The van der Waals surface area contributed by atoms with Gasteiger partial charge in [0.25, 0.3) is 0 Å². The maximum Gasteiger partial charge on any atom is 0.181 e. The summed E-state index contributed by atoms with van der Waals surface area (Å²) in [5.41, 5.74) is 0.545. The molecule has 0 bridgehead atoms. The fourth-order valence-electron chi connectivity index (χ4n) is 2.12. The SMILES string of the molecule is Cc1ocnc1CS(=O)(=O)C1CCN(C)CC1. The fraction of sp³-hybridized carbons (Fsp3) is 0.727. The molecule has 0 aromatic carbocycles. The molecule has 0 saturated carbocycles. The second-order valence-corrected chi connectivity index (χ2v) is 6.95. The van der Waals surface area contributed by atoms with Crippen LogP contribution in [0.4, 0.5) is 0 Å². The minimum atomic E-state index is -3.10. The van der Waals surface area contributed by atoms with Crippen molar-refractivity contribution in [3.05, 3.63) is 17.8 Å². The molecular weight excluding hydrogens is 240 g/mol. The Bertz CT molecular complexity index is 473. The number of rotatable bonds is 3. The summed E-state index contributed by atoms with van der Waals surface area (Å²) in [6.45, 7) is 3.44. The maximum absolute atomic E-state index is 12.2. The van der Waals surface area contributed by atoms with E-state index in [1.165, 1.54) is 6.39 Å². The zero-order chi connectivity index (χ0) is 12.5. The highest BCUT2D eigenvalue weighted by molar-refractivity contribution is 7.91. The van der Waals surface area contributed by atoms with E-state index in [0.29, 0.717) is 11.5 Å². The average Bonchev–Trinajstić information content (AvgIpc) is 2.64. The Labute approximate surface area is 102 Å². The van der Waals surface area contributed by atoms with E-state index in [9.17, 15) is 8.42 Å². The Morgan fingerprint density at radius 2 is 2.12 bits per heavy atom. The molecule has 1 fully saturated rings. The normalized spacial score (nSPS) is 19.6. The number of sulfone groups is 1. The summed E-state index contributed by atoms with van der Waals surface area (Å²) >= 11 is 0. The molecule has 96 valence electrons. The van der Waals surface area contributed by atoms with Gasteiger partial charge in [0.2, 0.25) is 0 Å². The molecule has 2 heterocycles. The molecule has 0 aliphatic carbocycles. The first-order valence-corrected chi connectivity index (χ1v) is 7.49. The Kier molecular flexibility index (Phi) is 3.53.